The third-order valence-electron chi connectivity index (χ3n) is 3.55. The maximum absolute atomic E-state index is 12.2. The van der Waals surface area contributed by atoms with Crippen molar-refractivity contribution in [2.75, 3.05) is 0 Å². The van der Waals surface area contributed by atoms with E-state index in [0.717, 1.165) is 40.4 Å². The topological polar surface area (TPSA) is 74.8 Å². The Morgan fingerprint density at radius 3 is 2.90 bits per heavy atom. The van der Waals surface area contributed by atoms with Gasteiger partial charge < -0.3 is 10.3 Å². The molecule has 0 saturated heterocycles. The highest BCUT2D eigenvalue weighted by atomic mass is 32.1. The Bertz CT molecular complexity index is 652. The van der Waals surface area contributed by atoms with Crippen molar-refractivity contribution in [3.63, 3.8) is 0 Å². The highest BCUT2D eigenvalue weighted by Crippen LogP contribution is 2.36. The molecule has 0 aromatic carbocycles. The minimum atomic E-state index is -0.0984. The Morgan fingerprint density at radius 1 is 1.40 bits per heavy atom. The van der Waals surface area contributed by atoms with Crippen molar-refractivity contribution in [2.45, 2.75) is 38.1 Å². The Morgan fingerprint density at radius 2 is 2.20 bits per heavy atom. The van der Waals surface area contributed by atoms with E-state index in [-0.39, 0.29) is 10.8 Å². The smallest absolute Gasteiger partial charge is 0.304 e. The summed E-state index contributed by atoms with van der Waals surface area (Å²) in [6, 6.07) is 0. The molecule has 20 heavy (non-hydrogen) atoms. The van der Waals surface area contributed by atoms with Gasteiger partial charge >= 0.3 is 4.87 Å². The average Bonchev–Trinajstić information content (AvgIpc) is 3.16. The summed E-state index contributed by atoms with van der Waals surface area (Å²) in [6.07, 6.45) is 4.70. The van der Waals surface area contributed by atoms with Gasteiger partial charge in [-0.2, -0.15) is 0 Å². The first-order valence-corrected chi connectivity index (χ1v) is 8.38. The van der Waals surface area contributed by atoms with Gasteiger partial charge in [-0.1, -0.05) is 24.2 Å². The van der Waals surface area contributed by atoms with Gasteiger partial charge in [0.1, 0.15) is 4.88 Å². The van der Waals surface area contributed by atoms with Gasteiger partial charge in [0, 0.05) is 17.0 Å². The molecule has 0 bridgehead atoms. The van der Waals surface area contributed by atoms with Gasteiger partial charge in [0.15, 0.2) is 0 Å². The van der Waals surface area contributed by atoms with Gasteiger partial charge in [-0.3, -0.25) is 9.59 Å². The van der Waals surface area contributed by atoms with Crippen LogP contribution < -0.4 is 10.2 Å². The number of aromatic amines is 1. The van der Waals surface area contributed by atoms with E-state index in [9.17, 15) is 9.59 Å². The molecule has 3 rings (SSSR count). The maximum atomic E-state index is 12.2. The van der Waals surface area contributed by atoms with Crippen LogP contribution in [0.1, 0.15) is 52.7 Å². The zero-order valence-corrected chi connectivity index (χ0v) is 12.5. The monoisotopic (exact) mass is 309 g/mol. The van der Waals surface area contributed by atoms with Gasteiger partial charge in [-0.15, -0.1) is 11.3 Å². The number of amides is 1. The summed E-state index contributed by atoms with van der Waals surface area (Å²) in [5.41, 5.74) is 3.43. The molecule has 1 amide bonds. The van der Waals surface area contributed by atoms with Gasteiger partial charge in [-0.05, 0) is 12.8 Å². The van der Waals surface area contributed by atoms with Crippen LogP contribution in [-0.4, -0.2) is 15.9 Å². The van der Waals surface area contributed by atoms with E-state index < -0.39 is 0 Å². The van der Waals surface area contributed by atoms with Crippen LogP contribution in [-0.2, 0) is 6.54 Å². The van der Waals surface area contributed by atoms with Crippen molar-refractivity contribution in [3.8, 4) is 0 Å². The fourth-order valence-electron chi connectivity index (χ4n) is 2.57. The average molecular weight is 309 g/mol. The molecule has 0 spiro atoms. The molecule has 1 aliphatic carbocycles. The summed E-state index contributed by atoms with van der Waals surface area (Å²) >= 11 is 2.50. The lowest BCUT2D eigenvalue weighted by Crippen LogP contribution is -2.23. The van der Waals surface area contributed by atoms with Gasteiger partial charge in [0.05, 0.1) is 17.7 Å². The quantitative estimate of drug-likeness (QED) is 0.911. The van der Waals surface area contributed by atoms with Crippen LogP contribution in [0.4, 0.5) is 0 Å². The highest BCUT2D eigenvalue weighted by Gasteiger charge is 2.25. The Kier molecular flexibility index (Phi) is 3.98. The van der Waals surface area contributed by atoms with E-state index in [4.69, 9.17) is 0 Å². The predicted molar refractivity (Wildman–Crippen MR) is 79.4 cm³/mol. The number of thiazole rings is 2. The van der Waals surface area contributed by atoms with Crippen LogP contribution in [0.15, 0.2) is 15.7 Å². The van der Waals surface area contributed by atoms with Crippen molar-refractivity contribution in [1.29, 1.82) is 0 Å². The Hall–Kier alpha value is -1.47. The normalized spacial score (nSPS) is 15.6. The molecular weight excluding hydrogens is 294 g/mol. The molecule has 1 saturated carbocycles. The van der Waals surface area contributed by atoms with Crippen LogP contribution in [0.3, 0.4) is 0 Å². The molecule has 0 radical (unpaired) electrons. The standard InChI is InChI=1S/C13H15N3O2S2/c17-12(14-5-9-6-19-13(18)16-9)11-10(15-7-20-11)8-3-1-2-4-8/h6-8H,1-5H2,(H,14,17)(H,16,18). The largest absolute Gasteiger partial charge is 0.346 e. The van der Waals surface area contributed by atoms with Gasteiger partial charge in [0.2, 0.25) is 0 Å². The third-order valence-corrected chi connectivity index (χ3v) is 5.11. The first-order chi connectivity index (χ1) is 9.74. The SMILES string of the molecule is O=C(NCc1csc(=O)[nH]1)c1scnc1C1CCCC1. The molecule has 1 fully saturated rings. The number of H-pyrrole nitrogens is 1. The van der Waals surface area contributed by atoms with E-state index >= 15 is 0 Å². The van der Waals surface area contributed by atoms with E-state index in [0.29, 0.717) is 12.5 Å². The van der Waals surface area contributed by atoms with Crippen LogP contribution in [0, 0.1) is 0 Å². The predicted octanol–water partition coefficient (Wildman–Crippen LogP) is 2.48. The molecule has 1 aliphatic rings. The summed E-state index contributed by atoms with van der Waals surface area (Å²) in [7, 11) is 0. The maximum Gasteiger partial charge on any atom is 0.304 e. The van der Waals surface area contributed by atoms with Crippen LogP contribution in [0.2, 0.25) is 0 Å². The minimum absolute atomic E-state index is 0.0959. The lowest BCUT2D eigenvalue weighted by molar-refractivity contribution is 0.0953. The number of carbonyl (C=O) groups excluding carboxylic acids is 1. The number of nitrogens with one attached hydrogen (secondary N) is 2. The van der Waals surface area contributed by atoms with E-state index in [1.165, 1.54) is 24.2 Å². The second-order valence-corrected chi connectivity index (χ2v) is 6.60. The van der Waals surface area contributed by atoms with Gasteiger partial charge in [0.25, 0.3) is 5.91 Å². The molecule has 0 aliphatic heterocycles. The molecule has 2 aromatic rings. The van der Waals surface area contributed by atoms with Crippen molar-refractivity contribution in [1.82, 2.24) is 15.3 Å². The Balaban J connectivity index is 1.68. The second kappa shape index (κ2) is 5.88. The van der Waals surface area contributed by atoms with E-state index in [1.54, 1.807) is 10.9 Å². The fourth-order valence-corrected chi connectivity index (χ4v) is 3.94. The number of hydrogen-bond donors (Lipinski definition) is 2. The Labute approximate surface area is 124 Å². The molecule has 2 aromatic heterocycles. The van der Waals surface area contributed by atoms with Crippen molar-refractivity contribution >= 4 is 28.6 Å². The molecule has 0 unspecified atom stereocenters. The summed E-state index contributed by atoms with van der Waals surface area (Å²) in [5, 5.41) is 4.58. The van der Waals surface area contributed by atoms with Crippen LogP contribution in [0.5, 0.6) is 0 Å². The minimum Gasteiger partial charge on any atom is -0.346 e. The lowest BCUT2D eigenvalue weighted by atomic mass is 10.0. The molecule has 2 N–H and O–H groups in total. The number of carbonyl (C=O) groups is 1. The van der Waals surface area contributed by atoms with Crippen LogP contribution >= 0.6 is 22.7 Å². The number of rotatable bonds is 4. The van der Waals surface area contributed by atoms with Crippen LogP contribution in [0.25, 0.3) is 0 Å². The lowest BCUT2D eigenvalue weighted by Gasteiger charge is -2.08. The van der Waals surface area contributed by atoms with Crippen molar-refractivity contribution in [2.24, 2.45) is 0 Å². The molecule has 5 nitrogen and oxygen atoms in total. The molecule has 0 atom stereocenters. The number of nitrogens with zero attached hydrogens (tertiary/aromatic N) is 1. The number of hydrogen-bond acceptors (Lipinski definition) is 5. The van der Waals surface area contributed by atoms with E-state index in [1.807, 2.05) is 0 Å². The fraction of sp³-hybridized carbons (Fsp3) is 0.462. The van der Waals surface area contributed by atoms with Crippen molar-refractivity contribution < 1.29 is 4.79 Å². The molecule has 7 heteroatoms. The summed E-state index contributed by atoms with van der Waals surface area (Å²) in [6.45, 7) is 0.347. The second-order valence-electron chi connectivity index (χ2n) is 4.90. The summed E-state index contributed by atoms with van der Waals surface area (Å²) < 4.78 is 0. The van der Waals surface area contributed by atoms with E-state index in [2.05, 4.69) is 15.3 Å². The molecule has 2 heterocycles. The summed E-state index contributed by atoms with van der Waals surface area (Å²) in [5.74, 6) is 0.337. The third kappa shape index (κ3) is 2.83. The molecular formula is C13H15N3O2S2. The number of aromatic nitrogens is 2. The highest BCUT2D eigenvalue weighted by molar-refractivity contribution is 7.11. The van der Waals surface area contributed by atoms with Gasteiger partial charge in [-0.25, -0.2) is 4.98 Å². The molecule has 106 valence electrons. The summed E-state index contributed by atoms with van der Waals surface area (Å²) in [4.78, 5) is 30.9. The first kappa shape index (κ1) is 13.5. The van der Waals surface area contributed by atoms with Crippen molar-refractivity contribution in [3.05, 3.63) is 36.8 Å². The first-order valence-electron chi connectivity index (χ1n) is 6.62. The zero-order chi connectivity index (χ0) is 13.9. The zero-order valence-electron chi connectivity index (χ0n) is 10.8.